The first-order valence-electron chi connectivity index (χ1n) is 5.39. The summed E-state index contributed by atoms with van der Waals surface area (Å²) in [5.74, 6) is 2.81. The van der Waals surface area contributed by atoms with Crippen molar-refractivity contribution in [2.24, 2.45) is 5.92 Å². The fourth-order valence-electron chi connectivity index (χ4n) is 1.09. The molecule has 1 heterocycles. The molecule has 0 radical (unpaired) electrons. The Hall–Kier alpha value is -0.860. The molecule has 0 aliphatic rings. The summed E-state index contributed by atoms with van der Waals surface area (Å²) in [4.78, 5) is 0. The van der Waals surface area contributed by atoms with Gasteiger partial charge in [-0.25, -0.2) is 0 Å². The van der Waals surface area contributed by atoms with Gasteiger partial charge in [0.1, 0.15) is 0 Å². The van der Waals surface area contributed by atoms with Crippen molar-refractivity contribution in [3.63, 3.8) is 0 Å². The Labute approximate surface area is 85.9 Å². The van der Waals surface area contributed by atoms with Gasteiger partial charge in [0, 0.05) is 11.8 Å². The molecule has 3 nitrogen and oxygen atoms in total. The van der Waals surface area contributed by atoms with Gasteiger partial charge in [-0.05, 0) is 12.3 Å². The second kappa shape index (κ2) is 4.58. The number of nitrogens with zero attached hydrogens (tertiary/aromatic N) is 2. The van der Waals surface area contributed by atoms with Gasteiger partial charge in [0.2, 0.25) is 11.8 Å². The number of hydrogen-bond donors (Lipinski definition) is 0. The van der Waals surface area contributed by atoms with Crippen LogP contribution in [0.25, 0.3) is 0 Å². The van der Waals surface area contributed by atoms with Crippen molar-refractivity contribution in [3.05, 3.63) is 11.8 Å². The predicted molar refractivity (Wildman–Crippen MR) is 56.3 cm³/mol. The summed E-state index contributed by atoms with van der Waals surface area (Å²) >= 11 is 0. The molecular formula is C11H20N2O. The van der Waals surface area contributed by atoms with Crippen LogP contribution in [0.3, 0.4) is 0 Å². The van der Waals surface area contributed by atoms with Crippen molar-refractivity contribution >= 4 is 0 Å². The molecule has 2 atom stereocenters. The maximum atomic E-state index is 5.64. The standard InChI is InChI=1S/C11H20N2O/c1-6-8(4)10-12-13-11(14-10)9(5)7(2)3/h7-9H,6H2,1-5H3. The van der Waals surface area contributed by atoms with Crippen molar-refractivity contribution in [1.29, 1.82) is 0 Å². The first kappa shape index (κ1) is 11.2. The lowest BCUT2D eigenvalue weighted by Crippen LogP contribution is -2.02. The van der Waals surface area contributed by atoms with Crippen LogP contribution in [0, 0.1) is 5.92 Å². The normalized spacial score (nSPS) is 15.9. The van der Waals surface area contributed by atoms with E-state index in [9.17, 15) is 0 Å². The third-order valence-corrected chi connectivity index (χ3v) is 2.88. The lowest BCUT2D eigenvalue weighted by molar-refractivity contribution is 0.366. The van der Waals surface area contributed by atoms with Crippen LogP contribution in [0.2, 0.25) is 0 Å². The third-order valence-electron chi connectivity index (χ3n) is 2.88. The van der Waals surface area contributed by atoms with E-state index in [2.05, 4.69) is 44.8 Å². The van der Waals surface area contributed by atoms with Crippen molar-refractivity contribution in [2.75, 3.05) is 0 Å². The second-order valence-electron chi connectivity index (χ2n) is 4.32. The molecule has 1 rings (SSSR count). The lowest BCUT2D eigenvalue weighted by Gasteiger charge is -2.09. The largest absolute Gasteiger partial charge is 0.425 e. The van der Waals surface area contributed by atoms with E-state index in [1.165, 1.54) is 0 Å². The Morgan fingerprint density at radius 2 is 1.64 bits per heavy atom. The number of rotatable bonds is 4. The number of hydrogen-bond acceptors (Lipinski definition) is 3. The van der Waals surface area contributed by atoms with Crippen LogP contribution in [-0.4, -0.2) is 10.2 Å². The molecule has 2 unspecified atom stereocenters. The fraction of sp³-hybridized carbons (Fsp3) is 0.818. The van der Waals surface area contributed by atoms with Crippen LogP contribution in [0.4, 0.5) is 0 Å². The summed E-state index contributed by atoms with van der Waals surface area (Å²) in [6.07, 6.45) is 1.04. The molecule has 0 spiro atoms. The molecular weight excluding hydrogens is 176 g/mol. The average Bonchev–Trinajstić information content (AvgIpc) is 2.64. The minimum atomic E-state index is 0.348. The molecule has 1 aromatic rings. The van der Waals surface area contributed by atoms with E-state index in [0.29, 0.717) is 17.8 Å². The quantitative estimate of drug-likeness (QED) is 0.741. The molecule has 14 heavy (non-hydrogen) atoms. The maximum Gasteiger partial charge on any atom is 0.219 e. The Morgan fingerprint density at radius 1 is 1.07 bits per heavy atom. The van der Waals surface area contributed by atoms with Crippen LogP contribution in [0.5, 0.6) is 0 Å². The van der Waals surface area contributed by atoms with E-state index in [0.717, 1.165) is 18.2 Å². The zero-order chi connectivity index (χ0) is 10.7. The first-order valence-corrected chi connectivity index (χ1v) is 5.39. The molecule has 0 aliphatic heterocycles. The average molecular weight is 196 g/mol. The van der Waals surface area contributed by atoms with Gasteiger partial charge in [-0.1, -0.05) is 34.6 Å². The Balaban J connectivity index is 2.77. The molecule has 0 saturated heterocycles. The maximum absolute atomic E-state index is 5.64. The highest BCUT2D eigenvalue weighted by Crippen LogP contribution is 2.25. The van der Waals surface area contributed by atoms with E-state index in [1.54, 1.807) is 0 Å². The molecule has 3 heteroatoms. The molecule has 0 aromatic carbocycles. The van der Waals surface area contributed by atoms with Gasteiger partial charge in [-0.3, -0.25) is 0 Å². The molecule has 1 aromatic heterocycles. The highest BCUT2D eigenvalue weighted by atomic mass is 16.4. The molecule has 0 saturated carbocycles. The van der Waals surface area contributed by atoms with E-state index < -0.39 is 0 Å². The minimum absolute atomic E-state index is 0.348. The van der Waals surface area contributed by atoms with Gasteiger partial charge >= 0.3 is 0 Å². The third kappa shape index (κ3) is 2.34. The van der Waals surface area contributed by atoms with E-state index in [4.69, 9.17) is 4.42 Å². The lowest BCUT2D eigenvalue weighted by atomic mass is 9.98. The van der Waals surface area contributed by atoms with Crippen LogP contribution >= 0.6 is 0 Å². The molecule has 0 aliphatic carbocycles. The predicted octanol–water partition coefficient (Wildman–Crippen LogP) is 3.34. The minimum Gasteiger partial charge on any atom is -0.425 e. The highest BCUT2D eigenvalue weighted by molar-refractivity contribution is 4.94. The summed E-state index contributed by atoms with van der Waals surface area (Å²) in [7, 11) is 0. The zero-order valence-electron chi connectivity index (χ0n) is 9.74. The van der Waals surface area contributed by atoms with Crippen LogP contribution in [0.15, 0.2) is 4.42 Å². The van der Waals surface area contributed by atoms with Gasteiger partial charge < -0.3 is 4.42 Å². The summed E-state index contributed by atoms with van der Waals surface area (Å²) in [5, 5.41) is 8.16. The molecule has 0 N–H and O–H groups in total. The van der Waals surface area contributed by atoms with E-state index in [-0.39, 0.29) is 0 Å². The van der Waals surface area contributed by atoms with Crippen LogP contribution < -0.4 is 0 Å². The highest BCUT2D eigenvalue weighted by Gasteiger charge is 2.18. The SMILES string of the molecule is CCC(C)c1nnc(C(C)C(C)C)o1. The Morgan fingerprint density at radius 3 is 2.14 bits per heavy atom. The monoisotopic (exact) mass is 196 g/mol. The molecule has 0 amide bonds. The molecule has 0 bridgehead atoms. The summed E-state index contributed by atoms with van der Waals surface area (Å²) in [5.41, 5.74) is 0. The Bertz CT molecular complexity index is 281. The van der Waals surface area contributed by atoms with Gasteiger partial charge in [-0.15, -0.1) is 10.2 Å². The zero-order valence-corrected chi connectivity index (χ0v) is 9.74. The summed E-state index contributed by atoms with van der Waals surface area (Å²) < 4.78 is 5.64. The topological polar surface area (TPSA) is 38.9 Å². The van der Waals surface area contributed by atoms with Gasteiger partial charge in [0.05, 0.1) is 0 Å². The van der Waals surface area contributed by atoms with Gasteiger partial charge in [0.25, 0.3) is 0 Å². The smallest absolute Gasteiger partial charge is 0.219 e. The summed E-state index contributed by atoms with van der Waals surface area (Å²) in [6.45, 7) is 10.7. The number of aromatic nitrogens is 2. The Kier molecular flexibility index (Phi) is 3.67. The van der Waals surface area contributed by atoms with Gasteiger partial charge in [-0.2, -0.15) is 0 Å². The van der Waals surface area contributed by atoms with Crippen molar-refractivity contribution in [2.45, 2.75) is 52.9 Å². The van der Waals surface area contributed by atoms with Crippen molar-refractivity contribution < 1.29 is 4.42 Å². The fourth-order valence-corrected chi connectivity index (χ4v) is 1.09. The van der Waals surface area contributed by atoms with Crippen LogP contribution in [-0.2, 0) is 0 Å². The summed E-state index contributed by atoms with van der Waals surface area (Å²) in [6, 6.07) is 0. The van der Waals surface area contributed by atoms with E-state index >= 15 is 0 Å². The molecule has 0 fully saturated rings. The van der Waals surface area contributed by atoms with Crippen LogP contribution in [0.1, 0.15) is 64.7 Å². The first-order chi connectivity index (χ1) is 6.56. The van der Waals surface area contributed by atoms with Crippen molar-refractivity contribution in [1.82, 2.24) is 10.2 Å². The molecule has 80 valence electrons. The van der Waals surface area contributed by atoms with E-state index in [1.807, 2.05) is 0 Å². The van der Waals surface area contributed by atoms with Crippen molar-refractivity contribution in [3.8, 4) is 0 Å². The van der Waals surface area contributed by atoms with Gasteiger partial charge in [0.15, 0.2) is 0 Å². The second-order valence-corrected chi connectivity index (χ2v) is 4.32.